The third-order valence-corrected chi connectivity index (χ3v) is 8.88. The summed E-state index contributed by atoms with van der Waals surface area (Å²) in [5.41, 5.74) is 0.315. The van der Waals surface area contributed by atoms with Gasteiger partial charge in [0.05, 0.1) is 11.6 Å². The summed E-state index contributed by atoms with van der Waals surface area (Å²) in [7, 11) is 0. The van der Waals surface area contributed by atoms with Crippen LogP contribution < -0.4 is 10.6 Å². The van der Waals surface area contributed by atoms with E-state index in [1.165, 1.54) is 12.1 Å². The van der Waals surface area contributed by atoms with Crippen LogP contribution in [0.15, 0.2) is 41.4 Å². The number of aliphatic carboxylic acids is 1. The molecule has 1 aromatic rings. The second kappa shape index (κ2) is 22.8. The van der Waals surface area contributed by atoms with E-state index in [9.17, 15) is 44.9 Å². The number of ether oxygens (including phenoxy) is 2. The van der Waals surface area contributed by atoms with Crippen LogP contribution in [-0.2, 0) is 28.7 Å². The second-order valence-electron chi connectivity index (χ2n) is 13.4. The molecule has 0 aliphatic carbocycles. The third kappa shape index (κ3) is 15.4. The summed E-state index contributed by atoms with van der Waals surface area (Å²) in [5, 5.41) is 66.7. The van der Waals surface area contributed by atoms with Gasteiger partial charge in [-0.15, -0.1) is 0 Å². The van der Waals surface area contributed by atoms with Gasteiger partial charge < -0.3 is 40.4 Å². The Morgan fingerprint density at radius 2 is 1.87 bits per heavy atom. The smallest absolute Gasteiger partial charge is 0.328 e. The van der Waals surface area contributed by atoms with Crippen LogP contribution in [0.3, 0.4) is 0 Å². The Morgan fingerprint density at radius 1 is 1.11 bits per heavy atom. The third-order valence-electron chi connectivity index (χ3n) is 8.88. The Kier molecular flexibility index (Phi) is 18.6. The van der Waals surface area contributed by atoms with Crippen LogP contribution in [0.4, 0.5) is 0 Å². The molecule has 0 spiro atoms. The Hall–Kier alpha value is -4.13. The van der Waals surface area contributed by atoms with Crippen LogP contribution in [0.2, 0.25) is 0 Å². The number of rotatable bonds is 23. The average Bonchev–Trinajstić information content (AvgIpc) is 3.55. The normalized spacial score (nSPS) is 20.0. The van der Waals surface area contributed by atoms with Gasteiger partial charge in [0.2, 0.25) is 11.8 Å². The first-order chi connectivity index (χ1) is 25.3. The molecule has 17 heteroatoms. The van der Waals surface area contributed by atoms with Crippen molar-refractivity contribution in [3.8, 4) is 5.75 Å². The number of carboxylic acid groups (broad SMARTS) is 1. The van der Waals surface area contributed by atoms with Gasteiger partial charge >= 0.3 is 11.9 Å². The molecule has 2 heterocycles. The number of unbranched alkanes of at least 4 members (excludes halogenated alkanes) is 5. The highest BCUT2D eigenvalue weighted by Crippen LogP contribution is 2.21. The molecule has 3 rings (SSSR count). The zero-order valence-corrected chi connectivity index (χ0v) is 30.2. The van der Waals surface area contributed by atoms with E-state index in [4.69, 9.17) is 14.6 Å². The minimum atomic E-state index is -1.25. The largest absolute Gasteiger partial charge is 0.507 e. The number of nitrogens with one attached hydrogen (secondary N) is 2. The molecule has 1 fully saturated rings. The number of para-hydroxylation sites is 1. The number of aliphatic imine (C=N–C) groups is 1. The average molecular weight is 750 g/mol. The highest BCUT2D eigenvalue weighted by Gasteiger charge is 2.33. The summed E-state index contributed by atoms with van der Waals surface area (Å²) in [5.74, 6) is -2.74. The van der Waals surface area contributed by atoms with Crippen LogP contribution in [-0.4, -0.2) is 127 Å². The van der Waals surface area contributed by atoms with Crippen molar-refractivity contribution >= 4 is 29.7 Å². The number of phenols is 1. The number of hydroxylamine groups is 4. The number of carboxylic acids is 1. The van der Waals surface area contributed by atoms with Gasteiger partial charge in [0.15, 0.2) is 6.04 Å². The summed E-state index contributed by atoms with van der Waals surface area (Å²) in [6, 6.07) is 3.42. The van der Waals surface area contributed by atoms with Crippen LogP contribution >= 0.6 is 0 Å². The molecule has 296 valence electrons. The lowest BCUT2D eigenvalue weighted by atomic mass is 10.1. The van der Waals surface area contributed by atoms with Crippen molar-refractivity contribution in [3.05, 3.63) is 42.0 Å². The highest BCUT2D eigenvalue weighted by molar-refractivity contribution is 6.00. The number of aliphatic hydroxyl groups is 2. The predicted octanol–water partition coefficient (Wildman–Crippen LogP) is 2.18. The van der Waals surface area contributed by atoms with E-state index in [1.54, 1.807) is 31.2 Å². The Labute approximate surface area is 309 Å². The van der Waals surface area contributed by atoms with E-state index in [-0.39, 0.29) is 50.6 Å². The number of allylic oxidation sites excluding steroid dienone is 1. The summed E-state index contributed by atoms with van der Waals surface area (Å²) in [6.45, 7) is 1.70. The molecule has 2 aliphatic rings. The molecule has 1 saturated heterocycles. The molecule has 53 heavy (non-hydrogen) atoms. The second-order valence-corrected chi connectivity index (χ2v) is 13.4. The van der Waals surface area contributed by atoms with Crippen LogP contribution in [0, 0.1) is 0 Å². The molecule has 0 unspecified atom stereocenters. The molecular weight excluding hydrogens is 694 g/mol. The summed E-state index contributed by atoms with van der Waals surface area (Å²) in [6.07, 6.45) is 6.19. The number of phenolic OH excluding ortho intramolecular Hbond substituents is 1. The molecule has 0 bridgehead atoms. The fourth-order valence-electron chi connectivity index (χ4n) is 5.91. The van der Waals surface area contributed by atoms with Crippen molar-refractivity contribution in [2.75, 3.05) is 19.7 Å². The SMILES string of the molecule is C[C@@H](C[C@H](O)N[C@@H]1CCCCN(O)C1=O)OC(=O)[C@H](CCCCN(O)[C@@H](O)/C=C/CCCCCCC(=O)O)NC(=O)[C@H]1COC(c2ccccc2O)=N1. The van der Waals surface area contributed by atoms with Crippen molar-refractivity contribution in [1.82, 2.24) is 20.8 Å². The van der Waals surface area contributed by atoms with E-state index >= 15 is 0 Å². The molecule has 0 radical (unpaired) electrons. The van der Waals surface area contributed by atoms with E-state index in [0.29, 0.717) is 55.6 Å². The van der Waals surface area contributed by atoms with Crippen LogP contribution in [0.1, 0.15) is 96.0 Å². The highest BCUT2D eigenvalue weighted by atomic mass is 16.5. The lowest BCUT2D eigenvalue weighted by molar-refractivity contribution is -0.177. The Morgan fingerprint density at radius 3 is 2.62 bits per heavy atom. The maximum Gasteiger partial charge on any atom is 0.328 e. The minimum absolute atomic E-state index is 0.0561. The van der Waals surface area contributed by atoms with Crippen LogP contribution in [0.5, 0.6) is 5.75 Å². The van der Waals surface area contributed by atoms with E-state index in [1.807, 2.05) is 0 Å². The summed E-state index contributed by atoms with van der Waals surface area (Å²) < 4.78 is 11.1. The van der Waals surface area contributed by atoms with Gasteiger partial charge in [-0.1, -0.05) is 31.1 Å². The van der Waals surface area contributed by atoms with E-state index in [2.05, 4.69) is 15.6 Å². The zero-order chi connectivity index (χ0) is 38.8. The zero-order valence-electron chi connectivity index (χ0n) is 30.2. The maximum atomic E-state index is 13.4. The number of aliphatic hydroxyl groups excluding tert-OH is 2. The molecular formula is C36H55N5O12. The van der Waals surface area contributed by atoms with Gasteiger partial charge in [-0.05, 0) is 82.9 Å². The molecule has 0 aromatic heterocycles. The van der Waals surface area contributed by atoms with Gasteiger partial charge in [0, 0.05) is 25.9 Å². The van der Waals surface area contributed by atoms with Crippen molar-refractivity contribution in [3.63, 3.8) is 0 Å². The fourth-order valence-corrected chi connectivity index (χ4v) is 5.91. The first kappa shape index (κ1) is 43.3. The maximum absolute atomic E-state index is 13.4. The number of carbonyl (C=O) groups excluding carboxylic acids is 3. The van der Waals surface area contributed by atoms with Crippen molar-refractivity contribution in [2.24, 2.45) is 4.99 Å². The number of hydrogen-bond acceptors (Lipinski definition) is 14. The molecule has 2 aliphatic heterocycles. The molecule has 17 nitrogen and oxygen atoms in total. The van der Waals surface area contributed by atoms with E-state index < -0.39 is 60.4 Å². The number of aromatic hydroxyl groups is 1. The topological polar surface area (TPSA) is 251 Å². The fraction of sp³-hybridized carbons (Fsp3) is 0.639. The van der Waals surface area contributed by atoms with Crippen molar-refractivity contribution in [2.45, 2.75) is 127 Å². The number of benzene rings is 1. The quantitative estimate of drug-likeness (QED) is 0.0200. The molecule has 8 N–H and O–H groups in total. The summed E-state index contributed by atoms with van der Waals surface area (Å²) >= 11 is 0. The lowest BCUT2D eigenvalue weighted by Crippen LogP contribution is -2.49. The first-order valence-corrected chi connectivity index (χ1v) is 18.3. The number of nitrogens with zero attached hydrogens (tertiary/aromatic N) is 3. The van der Waals surface area contributed by atoms with Gasteiger partial charge in [0.25, 0.3) is 5.91 Å². The predicted molar refractivity (Wildman–Crippen MR) is 190 cm³/mol. The van der Waals surface area contributed by atoms with Crippen LogP contribution in [0.25, 0.3) is 0 Å². The molecule has 0 saturated carbocycles. The Balaban J connectivity index is 1.53. The number of amides is 2. The first-order valence-electron chi connectivity index (χ1n) is 18.3. The number of carbonyl (C=O) groups is 4. The van der Waals surface area contributed by atoms with Gasteiger partial charge in [-0.3, -0.25) is 24.9 Å². The molecule has 1 aromatic carbocycles. The van der Waals surface area contributed by atoms with Gasteiger partial charge in [-0.2, -0.15) is 5.06 Å². The van der Waals surface area contributed by atoms with Gasteiger partial charge in [-0.25, -0.2) is 14.9 Å². The summed E-state index contributed by atoms with van der Waals surface area (Å²) in [4.78, 5) is 53.9. The minimum Gasteiger partial charge on any atom is -0.507 e. The van der Waals surface area contributed by atoms with Crippen molar-refractivity contribution in [1.29, 1.82) is 0 Å². The van der Waals surface area contributed by atoms with Crippen molar-refractivity contribution < 1.29 is 59.5 Å². The van der Waals surface area contributed by atoms with E-state index in [0.717, 1.165) is 24.3 Å². The van der Waals surface area contributed by atoms with Gasteiger partial charge in [0.1, 0.15) is 37.0 Å². The monoisotopic (exact) mass is 749 g/mol. The standard InChI is InChI=1S/C36H55N5O12/c1-24(22-30(43)37-26-15-10-13-21-41(51)35(26)48)53-36(49)27(38-33(47)28-23-52-34(39-28)25-14-8-9-17-29(25)42)16-11-12-20-40(50)31(44)18-6-4-2-3-5-7-19-32(45)46/h6,8-9,14,17-18,24,26-28,30-31,37,42-44,50-51H,2-5,7,10-13,15-16,19-23H2,1H3,(H,38,47)(H,45,46)/b18-6+/t24-,26+,27-,28+,30-,31-/m0/s1. The Bertz CT molecular complexity index is 1390. The number of hydrogen-bond donors (Lipinski definition) is 8. The number of esters is 1. The molecule has 6 atom stereocenters. The molecule has 2 amide bonds. The lowest BCUT2D eigenvalue weighted by Gasteiger charge is -2.25.